The Bertz CT molecular complexity index is 65.9. The Kier molecular flexibility index (Phi) is 1.65. The Hall–Kier alpha value is -1.20. The quantitative estimate of drug-likeness (QED) is 0.265. The van der Waals surface area contributed by atoms with Crippen molar-refractivity contribution in [3.05, 3.63) is 10.1 Å². The molecule has 6 heteroatoms. The maximum absolute atomic E-state index is 9.04. The van der Waals surface area contributed by atoms with Crippen LogP contribution >= 0.6 is 0 Å². The van der Waals surface area contributed by atoms with Crippen LogP contribution in [0.1, 0.15) is 0 Å². The number of nitrogens with zero attached hydrogens (tertiary/aromatic N) is 3. The first kappa shape index (κ1) is 4.80. The third-order valence-corrected chi connectivity index (χ3v) is 0.126. The summed E-state index contributed by atoms with van der Waals surface area (Å²) in [5, 5.41) is 10.0. The maximum atomic E-state index is 9.04. The van der Waals surface area contributed by atoms with Gasteiger partial charge in [-0.05, 0) is 0 Å². The lowest BCUT2D eigenvalue weighted by Crippen LogP contribution is -2.12. The van der Waals surface area contributed by atoms with Crippen LogP contribution in [0.2, 0.25) is 0 Å². The van der Waals surface area contributed by atoms with Crippen LogP contribution in [0.15, 0.2) is 5.22 Å². The van der Waals surface area contributed by atoms with Crippen molar-refractivity contribution in [2.45, 2.75) is 0 Å². The number of hydrogen-bond acceptors (Lipinski definition) is 3. The SMILES string of the molecule is [N]=NN[N+](=O)[O-]. The minimum Gasteiger partial charge on any atom is -0.339 e. The molecule has 0 saturated heterocycles. The molecule has 0 fully saturated rings. The Balaban J connectivity index is 3.05. The topological polar surface area (TPSA) is 89.8 Å². The standard InChI is InChI=1S/HN4O2/c1-2-3-4(5)6/h3H. The zero-order valence-corrected chi connectivity index (χ0v) is 2.66. The summed E-state index contributed by atoms with van der Waals surface area (Å²) in [5.41, 5.74) is 8.42. The first-order valence-electron chi connectivity index (χ1n) is 1.01. The van der Waals surface area contributed by atoms with Crippen molar-refractivity contribution >= 4 is 0 Å². The lowest BCUT2D eigenvalue weighted by atomic mass is 12.4. The third-order valence-electron chi connectivity index (χ3n) is 0.126. The van der Waals surface area contributed by atoms with E-state index in [9.17, 15) is 0 Å². The largest absolute Gasteiger partial charge is 0.339 e. The monoisotopic (exact) mass is 89.0 g/mol. The van der Waals surface area contributed by atoms with Crippen molar-refractivity contribution < 1.29 is 5.03 Å². The van der Waals surface area contributed by atoms with Gasteiger partial charge >= 0.3 is 0 Å². The Morgan fingerprint density at radius 1 is 2.00 bits per heavy atom. The highest BCUT2D eigenvalue weighted by atomic mass is 16.7. The van der Waals surface area contributed by atoms with Crippen LogP contribution in [0, 0.1) is 10.1 Å². The predicted octanol–water partition coefficient (Wildman–Crippen LogP) is -1.06. The zero-order valence-electron chi connectivity index (χ0n) is 2.66. The summed E-state index contributed by atoms with van der Waals surface area (Å²) in [4.78, 5) is 9.04. The summed E-state index contributed by atoms with van der Waals surface area (Å²) in [7, 11) is 0. The molecule has 0 unspecified atom stereocenters. The van der Waals surface area contributed by atoms with E-state index in [1.54, 1.807) is 0 Å². The van der Waals surface area contributed by atoms with Crippen molar-refractivity contribution in [3.63, 3.8) is 0 Å². The average molecular weight is 89.0 g/mol. The number of hydrazine groups is 1. The lowest BCUT2D eigenvalue weighted by molar-refractivity contribution is -0.546. The van der Waals surface area contributed by atoms with E-state index in [0.29, 0.717) is 0 Å². The van der Waals surface area contributed by atoms with Crippen LogP contribution in [0.5, 0.6) is 0 Å². The van der Waals surface area contributed by atoms with Gasteiger partial charge in [-0.15, -0.1) is 0 Å². The minimum atomic E-state index is -0.986. The summed E-state index contributed by atoms with van der Waals surface area (Å²) < 4.78 is 0. The fourth-order valence-electron chi connectivity index (χ4n) is 0.0365. The molecule has 0 atom stereocenters. The molecule has 0 aromatic rings. The number of nitro groups is 1. The molecule has 33 valence electrons. The van der Waals surface area contributed by atoms with Gasteiger partial charge in [-0.25, -0.2) is 0 Å². The molecular formula is HN4O2. The molecule has 1 radical (unpaired) electrons. The summed E-state index contributed by atoms with van der Waals surface area (Å²) >= 11 is 0. The molecule has 0 bridgehead atoms. The van der Waals surface area contributed by atoms with Gasteiger partial charge in [-0.2, -0.15) is 0 Å². The second-order valence-corrected chi connectivity index (χ2v) is 0.457. The zero-order chi connectivity index (χ0) is 4.99. The van der Waals surface area contributed by atoms with E-state index in [4.69, 9.17) is 15.6 Å². The van der Waals surface area contributed by atoms with Crippen LogP contribution in [0.4, 0.5) is 0 Å². The molecule has 0 rings (SSSR count). The van der Waals surface area contributed by atoms with Gasteiger partial charge in [-0.1, -0.05) is 0 Å². The molecule has 1 N–H and O–H groups in total. The Morgan fingerprint density at radius 3 is 2.50 bits per heavy atom. The summed E-state index contributed by atoms with van der Waals surface area (Å²) in [6.45, 7) is 0. The fraction of sp³-hybridized carbons (Fsp3) is 0. The molecule has 0 aliphatic heterocycles. The molecule has 0 heterocycles. The van der Waals surface area contributed by atoms with Gasteiger partial charge in [0.05, 0.1) is 5.03 Å². The molecule has 0 spiro atoms. The number of hydrogen-bond donors (Lipinski definition) is 1. The molecule has 0 aliphatic rings. The maximum Gasteiger partial charge on any atom is 0.199 e. The van der Waals surface area contributed by atoms with Gasteiger partial charge in [0.1, 0.15) is 5.53 Å². The Morgan fingerprint density at radius 2 is 2.50 bits per heavy atom. The Labute approximate surface area is 32.8 Å². The van der Waals surface area contributed by atoms with Gasteiger partial charge in [0.2, 0.25) is 0 Å². The molecule has 0 aromatic heterocycles. The highest BCUT2D eigenvalue weighted by Gasteiger charge is 1.78. The first-order chi connectivity index (χ1) is 2.77. The van der Waals surface area contributed by atoms with Crippen molar-refractivity contribution in [2.24, 2.45) is 5.22 Å². The van der Waals surface area contributed by atoms with Crippen LogP contribution in [-0.2, 0) is 0 Å². The van der Waals surface area contributed by atoms with Crippen molar-refractivity contribution in [2.75, 3.05) is 0 Å². The molecular weight excluding hydrogens is 88.0 g/mol. The van der Waals surface area contributed by atoms with E-state index in [2.05, 4.69) is 0 Å². The molecule has 0 amide bonds. The van der Waals surface area contributed by atoms with Gasteiger partial charge < -0.3 is 10.1 Å². The average Bonchev–Trinajstić information content (AvgIpc) is 1.35. The van der Waals surface area contributed by atoms with Crippen LogP contribution < -0.4 is 11.1 Å². The van der Waals surface area contributed by atoms with Gasteiger partial charge in [0, 0.05) is 5.53 Å². The van der Waals surface area contributed by atoms with Crippen molar-refractivity contribution in [3.8, 4) is 0 Å². The van der Waals surface area contributed by atoms with Crippen molar-refractivity contribution in [1.29, 1.82) is 0 Å². The lowest BCUT2D eigenvalue weighted by Gasteiger charge is -1.79. The second-order valence-electron chi connectivity index (χ2n) is 0.457. The highest BCUT2D eigenvalue weighted by molar-refractivity contribution is 3.94. The fourth-order valence-corrected chi connectivity index (χ4v) is 0.0365. The third kappa shape index (κ3) is 2.80. The number of rotatable bonds is 2. The van der Waals surface area contributed by atoms with E-state index in [1.807, 2.05) is 5.22 Å². The molecule has 0 aromatic carbocycles. The molecule has 0 aliphatic carbocycles. The normalized spacial score (nSPS) is 6.67. The van der Waals surface area contributed by atoms with E-state index in [0.717, 1.165) is 5.53 Å². The van der Waals surface area contributed by atoms with Crippen LogP contribution in [-0.4, -0.2) is 5.03 Å². The highest BCUT2D eigenvalue weighted by Crippen LogP contribution is 1.49. The van der Waals surface area contributed by atoms with Gasteiger partial charge in [-0.3, -0.25) is 0 Å². The second kappa shape index (κ2) is 2.06. The molecule has 0 saturated carbocycles. The smallest absolute Gasteiger partial charge is 0.199 e. The predicted molar refractivity (Wildman–Crippen MR) is 14.7 cm³/mol. The van der Waals surface area contributed by atoms with E-state index in [1.165, 1.54) is 0 Å². The van der Waals surface area contributed by atoms with E-state index >= 15 is 0 Å². The summed E-state index contributed by atoms with van der Waals surface area (Å²) in [5.74, 6) is 0. The van der Waals surface area contributed by atoms with E-state index < -0.39 is 5.03 Å². The van der Waals surface area contributed by atoms with Crippen LogP contribution in [0.25, 0.3) is 0 Å². The van der Waals surface area contributed by atoms with Gasteiger partial charge in [0.15, 0.2) is 5.22 Å². The minimum absolute atomic E-state index is 0.986. The molecule has 6 nitrogen and oxygen atoms in total. The summed E-state index contributed by atoms with van der Waals surface area (Å²) in [6, 6.07) is 0. The van der Waals surface area contributed by atoms with E-state index in [-0.39, 0.29) is 0 Å². The van der Waals surface area contributed by atoms with Crippen LogP contribution in [0.3, 0.4) is 0 Å². The molecule has 6 heavy (non-hydrogen) atoms. The first-order valence-corrected chi connectivity index (χ1v) is 1.01. The summed E-state index contributed by atoms with van der Waals surface area (Å²) in [6.07, 6.45) is 0. The van der Waals surface area contributed by atoms with Gasteiger partial charge in [0.25, 0.3) is 0 Å². The number of nitrogens with one attached hydrogen (secondary N) is 1. The van der Waals surface area contributed by atoms with Crippen molar-refractivity contribution in [1.82, 2.24) is 11.1 Å².